The molecule has 0 spiro atoms. The standard InChI is InChI=1S/C34H36N2O6S/c37-27(21-35-19-17-25-5-1-3-7-33(25)35)23-41-29-9-13-31(14-10-29)43(39,40)32-15-11-30(12-16-32)42-24-28(38)22-36-20-18-26-6-2-4-8-34(26)36/h1-16,27-28,37-38H,17-24H2/t27-,28-/m0/s1. The number of aliphatic hydroxyl groups is 2. The maximum Gasteiger partial charge on any atom is 0.206 e. The molecule has 2 aliphatic heterocycles. The van der Waals surface area contributed by atoms with Crippen LogP contribution in [0, 0.1) is 0 Å². The van der Waals surface area contributed by atoms with Crippen molar-refractivity contribution in [1.82, 2.24) is 0 Å². The maximum atomic E-state index is 13.2. The summed E-state index contributed by atoms with van der Waals surface area (Å²) in [6.07, 6.45) is 0.558. The molecule has 2 N–H and O–H groups in total. The summed E-state index contributed by atoms with van der Waals surface area (Å²) in [5.74, 6) is 0.971. The van der Waals surface area contributed by atoms with Gasteiger partial charge in [-0.15, -0.1) is 0 Å². The molecule has 43 heavy (non-hydrogen) atoms. The van der Waals surface area contributed by atoms with Gasteiger partial charge in [-0.1, -0.05) is 36.4 Å². The number of ether oxygens (including phenoxy) is 2. The normalized spacial score (nSPS) is 15.6. The molecule has 0 radical (unpaired) electrons. The van der Waals surface area contributed by atoms with Crippen LogP contribution in [0.5, 0.6) is 11.5 Å². The summed E-state index contributed by atoms with van der Waals surface area (Å²) >= 11 is 0. The first-order valence-electron chi connectivity index (χ1n) is 14.6. The zero-order valence-corrected chi connectivity index (χ0v) is 24.7. The van der Waals surface area contributed by atoms with E-state index in [4.69, 9.17) is 9.47 Å². The zero-order valence-electron chi connectivity index (χ0n) is 23.9. The lowest BCUT2D eigenvalue weighted by molar-refractivity contribution is 0.112. The Morgan fingerprint density at radius 2 is 1.00 bits per heavy atom. The van der Waals surface area contributed by atoms with E-state index >= 15 is 0 Å². The molecule has 2 heterocycles. The van der Waals surface area contributed by atoms with Gasteiger partial charge in [-0.2, -0.15) is 0 Å². The quantitative estimate of drug-likeness (QED) is 0.251. The molecule has 0 bridgehead atoms. The summed E-state index contributed by atoms with van der Waals surface area (Å²) in [4.78, 5) is 4.60. The van der Waals surface area contributed by atoms with E-state index in [1.54, 1.807) is 24.3 Å². The summed E-state index contributed by atoms with van der Waals surface area (Å²) in [7, 11) is -3.75. The summed E-state index contributed by atoms with van der Waals surface area (Å²) < 4.78 is 37.9. The van der Waals surface area contributed by atoms with Crippen LogP contribution in [0.15, 0.2) is 107 Å². The van der Waals surface area contributed by atoms with Crippen molar-refractivity contribution in [3.8, 4) is 11.5 Å². The van der Waals surface area contributed by atoms with Crippen LogP contribution in [-0.2, 0) is 22.7 Å². The van der Waals surface area contributed by atoms with Crippen molar-refractivity contribution in [2.24, 2.45) is 0 Å². The molecule has 0 aromatic heterocycles. The van der Waals surface area contributed by atoms with Gasteiger partial charge in [-0.05, 0) is 84.6 Å². The molecule has 0 saturated carbocycles. The van der Waals surface area contributed by atoms with Gasteiger partial charge in [0.2, 0.25) is 9.84 Å². The predicted octanol–water partition coefficient (Wildman–Crippen LogP) is 4.12. The first-order valence-corrected chi connectivity index (χ1v) is 16.1. The first-order chi connectivity index (χ1) is 20.9. The molecule has 8 nitrogen and oxygen atoms in total. The smallest absolute Gasteiger partial charge is 0.206 e. The van der Waals surface area contributed by atoms with Crippen molar-refractivity contribution in [2.75, 3.05) is 49.2 Å². The Balaban J connectivity index is 0.984. The zero-order chi connectivity index (χ0) is 29.8. The van der Waals surface area contributed by atoms with Crippen molar-refractivity contribution in [2.45, 2.75) is 34.8 Å². The van der Waals surface area contributed by atoms with Crippen LogP contribution in [-0.4, -0.2) is 70.2 Å². The number of para-hydroxylation sites is 2. The van der Waals surface area contributed by atoms with Gasteiger partial charge in [-0.3, -0.25) is 0 Å². The van der Waals surface area contributed by atoms with Gasteiger partial charge in [0, 0.05) is 37.6 Å². The highest BCUT2D eigenvalue weighted by molar-refractivity contribution is 7.91. The second kappa shape index (κ2) is 12.7. The topological polar surface area (TPSA) is 99.5 Å². The van der Waals surface area contributed by atoms with E-state index < -0.39 is 22.0 Å². The van der Waals surface area contributed by atoms with Crippen molar-refractivity contribution < 1.29 is 28.1 Å². The number of nitrogens with zero attached hydrogens (tertiary/aromatic N) is 2. The van der Waals surface area contributed by atoms with Crippen molar-refractivity contribution in [1.29, 1.82) is 0 Å². The van der Waals surface area contributed by atoms with Gasteiger partial charge in [0.15, 0.2) is 0 Å². The Morgan fingerprint density at radius 1 is 0.605 bits per heavy atom. The molecule has 0 unspecified atom stereocenters. The van der Waals surface area contributed by atoms with Gasteiger partial charge in [0.25, 0.3) is 0 Å². The maximum absolute atomic E-state index is 13.2. The predicted molar refractivity (Wildman–Crippen MR) is 166 cm³/mol. The molecular formula is C34H36N2O6S. The minimum Gasteiger partial charge on any atom is -0.491 e. The molecule has 2 aliphatic rings. The third-order valence-electron chi connectivity index (χ3n) is 7.98. The van der Waals surface area contributed by atoms with Crippen LogP contribution in [0.1, 0.15) is 11.1 Å². The van der Waals surface area contributed by atoms with E-state index in [1.807, 2.05) is 24.3 Å². The van der Waals surface area contributed by atoms with Crippen LogP contribution < -0.4 is 19.3 Å². The number of rotatable bonds is 12. The first kappa shape index (κ1) is 29.0. The Hall–Kier alpha value is -4.05. The van der Waals surface area contributed by atoms with Gasteiger partial charge in [-0.25, -0.2) is 8.42 Å². The van der Waals surface area contributed by atoms with E-state index in [1.165, 1.54) is 35.4 Å². The molecule has 224 valence electrons. The molecule has 6 rings (SSSR count). The summed E-state index contributed by atoms with van der Waals surface area (Å²) in [6, 6.07) is 28.8. The lowest BCUT2D eigenvalue weighted by Gasteiger charge is -2.23. The number of anilines is 2. The van der Waals surface area contributed by atoms with E-state index in [2.05, 4.69) is 34.1 Å². The monoisotopic (exact) mass is 600 g/mol. The lowest BCUT2D eigenvalue weighted by atomic mass is 10.2. The Kier molecular flexibility index (Phi) is 8.56. The molecule has 2 atom stereocenters. The van der Waals surface area contributed by atoms with Crippen molar-refractivity contribution in [3.05, 3.63) is 108 Å². The Bertz CT molecular complexity index is 1530. The number of hydrogen-bond acceptors (Lipinski definition) is 8. The molecule has 4 aromatic carbocycles. The highest BCUT2D eigenvalue weighted by atomic mass is 32.2. The van der Waals surface area contributed by atoms with Crippen molar-refractivity contribution >= 4 is 21.2 Å². The summed E-state index contributed by atoms with van der Waals surface area (Å²) in [6.45, 7) is 2.88. The summed E-state index contributed by atoms with van der Waals surface area (Å²) in [5.41, 5.74) is 4.87. The van der Waals surface area contributed by atoms with Gasteiger partial charge in [0.05, 0.1) is 9.79 Å². The third-order valence-corrected chi connectivity index (χ3v) is 9.77. The van der Waals surface area contributed by atoms with Crippen LogP contribution in [0.4, 0.5) is 11.4 Å². The molecule has 0 fully saturated rings. The van der Waals surface area contributed by atoms with E-state index in [9.17, 15) is 18.6 Å². The van der Waals surface area contributed by atoms with E-state index in [0.717, 1.165) is 37.3 Å². The van der Waals surface area contributed by atoms with Gasteiger partial charge >= 0.3 is 0 Å². The number of aliphatic hydroxyl groups excluding tert-OH is 2. The molecule has 4 aromatic rings. The molecular weight excluding hydrogens is 564 g/mol. The second-order valence-electron chi connectivity index (χ2n) is 11.0. The Labute approximate surface area is 252 Å². The number of hydrogen-bond donors (Lipinski definition) is 2. The molecule has 0 aliphatic carbocycles. The average Bonchev–Trinajstić information content (AvgIpc) is 3.63. The molecule has 0 amide bonds. The number of benzene rings is 4. The van der Waals surface area contributed by atoms with E-state index in [0.29, 0.717) is 24.6 Å². The second-order valence-corrected chi connectivity index (χ2v) is 13.0. The largest absolute Gasteiger partial charge is 0.491 e. The lowest BCUT2D eigenvalue weighted by Crippen LogP contribution is -2.34. The highest BCUT2D eigenvalue weighted by Gasteiger charge is 2.23. The molecule has 0 saturated heterocycles. The fourth-order valence-corrected chi connectivity index (χ4v) is 7.02. The fraction of sp³-hybridized carbons (Fsp3) is 0.294. The SMILES string of the molecule is O=S(=O)(c1ccc(OC[C@@H](O)CN2CCc3ccccc32)cc1)c1ccc(OC[C@@H](O)CN2CCc3ccccc32)cc1. The van der Waals surface area contributed by atoms with Crippen LogP contribution >= 0.6 is 0 Å². The minimum atomic E-state index is -3.75. The number of sulfone groups is 1. The molecule has 9 heteroatoms. The number of β-amino-alcohol motifs (C(OH)–C–C–N with tert-alkyl or cyclic N) is 2. The third kappa shape index (κ3) is 6.64. The van der Waals surface area contributed by atoms with Gasteiger partial charge in [0.1, 0.15) is 36.9 Å². The average molecular weight is 601 g/mol. The van der Waals surface area contributed by atoms with Crippen LogP contribution in [0.2, 0.25) is 0 Å². The Morgan fingerprint density at radius 3 is 1.42 bits per heavy atom. The highest BCUT2D eigenvalue weighted by Crippen LogP contribution is 2.29. The number of fused-ring (bicyclic) bond motifs is 2. The van der Waals surface area contributed by atoms with Gasteiger partial charge < -0.3 is 29.5 Å². The van der Waals surface area contributed by atoms with E-state index in [-0.39, 0.29) is 23.0 Å². The van der Waals surface area contributed by atoms with Crippen LogP contribution in [0.25, 0.3) is 0 Å². The van der Waals surface area contributed by atoms with Crippen molar-refractivity contribution in [3.63, 3.8) is 0 Å². The minimum absolute atomic E-state index is 0.103. The fourth-order valence-electron chi connectivity index (χ4n) is 5.76. The summed E-state index contributed by atoms with van der Waals surface area (Å²) in [5, 5.41) is 21.1. The van der Waals surface area contributed by atoms with Crippen LogP contribution in [0.3, 0.4) is 0 Å².